The van der Waals surface area contributed by atoms with Crippen LogP contribution in [0.5, 0.6) is 5.75 Å². The highest BCUT2D eigenvalue weighted by atomic mass is 19.4. The molecule has 7 heteroatoms. The minimum absolute atomic E-state index is 0.360. The number of halogens is 3. The lowest BCUT2D eigenvalue weighted by molar-refractivity contribution is -0.468. The molecule has 17 heavy (non-hydrogen) atoms. The van der Waals surface area contributed by atoms with Gasteiger partial charge in [-0.05, 0) is 23.8 Å². The van der Waals surface area contributed by atoms with Crippen molar-refractivity contribution in [3.8, 4) is 5.75 Å². The molecular weight excluding hydrogens is 239 g/mol. The molecule has 0 atom stereocenters. The van der Waals surface area contributed by atoms with E-state index in [1.165, 1.54) is 24.3 Å². The van der Waals surface area contributed by atoms with Crippen LogP contribution in [0.2, 0.25) is 0 Å². The molecule has 1 aromatic carbocycles. The second-order valence-electron chi connectivity index (χ2n) is 3.04. The molecule has 0 amide bonds. The summed E-state index contributed by atoms with van der Waals surface area (Å²) in [5.41, 5.74) is 0.397. The third kappa shape index (κ3) is 5.55. The predicted octanol–water partition coefficient (Wildman–Crippen LogP) is 2.88. The van der Waals surface area contributed by atoms with Crippen LogP contribution >= 0.6 is 0 Å². The van der Waals surface area contributed by atoms with E-state index in [1.54, 1.807) is 0 Å². The SMILES string of the molecule is O=[N+]([O-])CC=Cc1cccc(OC(F)(F)F)c1. The molecule has 0 aliphatic heterocycles. The minimum Gasteiger partial charge on any atom is -0.406 e. The average Bonchev–Trinajstić information content (AvgIpc) is 2.14. The van der Waals surface area contributed by atoms with Crippen LogP contribution in [-0.2, 0) is 0 Å². The molecule has 4 nitrogen and oxygen atoms in total. The summed E-state index contributed by atoms with van der Waals surface area (Å²) >= 11 is 0. The van der Waals surface area contributed by atoms with Gasteiger partial charge in [0.1, 0.15) is 5.75 Å². The first-order valence-corrected chi connectivity index (χ1v) is 4.51. The smallest absolute Gasteiger partial charge is 0.406 e. The number of hydrogen-bond donors (Lipinski definition) is 0. The lowest BCUT2D eigenvalue weighted by Gasteiger charge is -2.08. The molecule has 0 fully saturated rings. The molecule has 0 radical (unpaired) electrons. The highest BCUT2D eigenvalue weighted by molar-refractivity contribution is 5.51. The van der Waals surface area contributed by atoms with Crippen molar-refractivity contribution in [1.82, 2.24) is 0 Å². The Morgan fingerprint density at radius 2 is 2.12 bits per heavy atom. The molecule has 1 rings (SSSR count). The van der Waals surface area contributed by atoms with Crippen LogP contribution in [0.3, 0.4) is 0 Å². The molecule has 1 aromatic rings. The van der Waals surface area contributed by atoms with Gasteiger partial charge in [-0.1, -0.05) is 18.2 Å². The second-order valence-corrected chi connectivity index (χ2v) is 3.04. The number of ether oxygens (including phenoxy) is 1. The van der Waals surface area contributed by atoms with Crippen molar-refractivity contribution < 1.29 is 22.8 Å². The molecule has 0 saturated heterocycles. The number of hydrogen-bond acceptors (Lipinski definition) is 3. The minimum atomic E-state index is -4.75. The van der Waals surface area contributed by atoms with Gasteiger partial charge in [0.25, 0.3) is 0 Å². The molecule has 0 N–H and O–H groups in total. The summed E-state index contributed by atoms with van der Waals surface area (Å²) in [6.07, 6.45) is -2.15. The Bertz CT molecular complexity index is 429. The Morgan fingerprint density at radius 1 is 1.41 bits per heavy atom. The lowest BCUT2D eigenvalue weighted by Crippen LogP contribution is -2.17. The van der Waals surface area contributed by atoms with Crippen LogP contribution in [0, 0.1) is 10.1 Å². The van der Waals surface area contributed by atoms with E-state index in [4.69, 9.17) is 0 Å². The molecule has 0 bridgehead atoms. The fourth-order valence-electron chi connectivity index (χ4n) is 1.09. The molecule has 92 valence electrons. The van der Waals surface area contributed by atoms with E-state index in [0.717, 1.165) is 12.1 Å². The zero-order valence-corrected chi connectivity index (χ0v) is 8.48. The number of alkyl halides is 3. The standard InChI is InChI=1S/C10H8F3NO3/c11-10(12,13)17-9-5-1-3-8(7-9)4-2-6-14(15)16/h1-5,7H,6H2. The molecule has 0 aliphatic rings. The molecule has 0 spiro atoms. The van der Waals surface area contributed by atoms with Gasteiger partial charge in [-0.3, -0.25) is 10.1 Å². The van der Waals surface area contributed by atoms with Crippen LogP contribution in [0.1, 0.15) is 5.56 Å². The average molecular weight is 247 g/mol. The van der Waals surface area contributed by atoms with Gasteiger partial charge in [-0.25, -0.2) is 0 Å². The van der Waals surface area contributed by atoms with E-state index >= 15 is 0 Å². The van der Waals surface area contributed by atoms with E-state index in [0.29, 0.717) is 5.56 Å². The highest BCUT2D eigenvalue weighted by Crippen LogP contribution is 2.23. The van der Waals surface area contributed by atoms with Gasteiger partial charge in [0.15, 0.2) is 0 Å². The van der Waals surface area contributed by atoms with E-state index in [1.807, 2.05) is 0 Å². The van der Waals surface area contributed by atoms with Gasteiger partial charge in [-0.2, -0.15) is 0 Å². The molecular formula is C10H8F3NO3. The Kier molecular flexibility index (Phi) is 4.08. The Hall–Kier alpha value is -2.05. The van der Waals surface area contributed by atoms with Crippen molar-refractivity contribution in [3.63, 3.8) is 0 Å². The van der Waals surface area contributed by atoms with Gasteiger partial charge in [0.2, 0.25) is 6.54 Å². The summed E-state index contributed by atoms with van der Waals surface area (Å²) in [6.45, 7) is -0.385. The van der Waals surface area contributed by atoms with Gasteiger partial charge in [0.05, 0.1) is 0 Å². The normalized spacial score (nSPS) is 11.7. The van der Waals surface area contributed by atoms with Crippen molar-refractivity contribution in [2.45, 2.75) is 6.36 Å². The lowest BCUT2D eigenvalue weighted by atomic mass is 10.2. The molecule has 0 unspecified atom stereocenters. The first kappa shape index (κ1) is 13.0. The van der Waals surface area contributed by atoms with Gasteiger partial charge < -0.3 is 4.74 Å². The van der Waals surface area contributed by atoms with Crippen LogP contribution in [0.4, 0.5) is 13.2 Å². The summed E-state index contributed by atoms with van der Waals surface area (Å²) < 4.78 is 39.4. The topological polar surface area (TPSA) is 52.4 Å². The molecule has 0 aliphatic carbocycles. The highest BCUT2D eigenvalue weighted by Gasteiger charge is 2.30. The summed E-state index contributed by atoms with van der Waals surface area (Å²) in [5.74, 6) is -0.360. The van der Waals surface area contributed by atoms with E-state index in [2.05, 4.69) is 4.74 Å². The maximum absolute atomic E-state index is 11.9. The van der Waals surface area contributed by atoms with E-state index in [-0.39, 0.29) is 12.3 Å². The molecule has 0 saturated carbocycles. The summed E-state index contributed by atoms with van der Waals surface area (Å²) in [4.78, 5) is 9.48. The fourth-order valence-corrected chi connectivity index (χ4v) is 1.09. The number of rotatable bonds is 4. The molecule has 0 aromatic heterocycles. The van der Waals surface area contributed by atoms with Crippen molar-refractivity contribution in [1.29, 1.82) is 0 Å². The third-order valence-electron chi connectivity index (χ3n) is 1.66. The Labute approximate surface area is 94.5 Å². The quantitative estimate of drug-likeness (QED) is 0.607. The van der Waals surface area contributed by atoms with Crippen molar-refractivity contribution in [2.24, 2.45) is 0 Å². The zero-order valence-electron chi connectivity index (χ0n) is 8.48. The van der Waals surface area contributed by atoms with Crippen LogP contribution < -0.4 is 4.74 Å². The summed E-state index contributed by atoms with van der Waals surface area (Å²) in [5, 5.41) is 10.0. The number of nitro groups is 1. The van der Waals surface area contributed by atoms with Crippen LogP contribution in [0.15, 0.2) is 30.3 Å². The van der Waals surface area contributed by atoms with E-state index < -0.39 is 11.3 Å². The predicted molar refractivity (Wildman–Crippen MR) is 54.0 cm³/mol. The van der Waals surface area contributed by atoms with Gasteiger partial charge in [0, 0.05) is 4.92 Å². The van der Waals surface area contributed by atoms with Crippen molar-refractivity contribution in [2.75, 3.05) is 6.54 Å². The van der Waals surface area contributed by atoms with Crippen molar-refractivity contribution in [3.05, 3.63) is 46.0 Å². The zero-order chi connectivity index (χ0) is 12.9. The first-order chi connectivity index (χ1) is 7.87. The van der Waals surface area contributed by atoms with Gasteiger partial charge in [-0.15, -0.1) is 13.2 Å². The van der Waals surface area contributed by atoms with Crippen molar-refractivity contribution >= 4 is 6.08 Å². The first-order valence-electron chi connectivity index (χ1n) is 4.51. The summed E-state index contributed by atoms with van der Waals surface area (Å²) in [6, 6.07) is 5.18. The number of nitrogens with zero attached hydrogens (tertiary/aromatic N) is 1. The summed E-state index contributed by atoms with van der Waals surface area (Å²) in [7, 11) is 0. The Balaban J connectivity index is 2.72. The van der Waals surface area contributed by atoms with Crippen LogP contribution in [-0.4, -0.2) is 17.8 Å². The van der Waals surface area contributed by atoms with Gasteiger partial charge >= 0.3 is 6.36 Å². The maximum atomic E-state index is 11.9. The molecule has 0 heterocycles. The largest absolute Gasteiger partial charge is 0.573 e. The maximum Gasteiger partial charge on any atom is 0.573 e. The van der Waals surface area contributed by atoms with E-state index in [9.17, 15) is 23.3 Å². The third-order valence-corrected chi connectivity index (χ3v) is 1.66. The Morgan fingerprint density at radius 3 is 2.71 bits per heavy atom. The fraction of sp³-hybridized carbons (Fsp3) is 0.200. The monoisotopic (exact) mass is 247 g/mol. The van der Waals surface area contributed by atoms with Crippen LogP contribution in [0.25, 0.3) is 6.08 Å². The number of benzene rings is 1. The second kappa shape index (κ2) is 5.33.